The number of carbonyl (C=O) groups excluding carboxylic acids is 1. The van der Waals surface area contributed by atoms with Gasteiger partial charge in [0.05, 0.1) is 18.7 Å². The summed E-state index contributed by atoms with van der Waals surface area (Å²) in [5.74, 6) is 0.175. The molecule has 5 rings (SSSR count). The fraction of sp³-hybridized carbons (Fsp3) is 0.208. The minimum absolute atomic E-state index is 0.0890. The number of nitrogens with zero attached hydrogens (tertiary/aromatic N) is 4. The van der Waals surface area contributed by atoms with Crippen LogP contribution in [-0.4, -0.2) is 67.1 Å². The van der Waals surface area contributed by atoms with Crippen molar-refractivity contribution in [2.24, 2.45) is 0 Å². The van der Waals surface area contributed by atoms with E-state index in [1.165, 1.54) is 13.2 Å². The van der Waals surface area contributed by atoms with Gasteiger partial charge in [0.15, 0.2) is 0 Å². The van der Waals surface area contributed by atoms with Crippen molar-refractivity contribution in [2.45, 2.75) is 4.90 Å². The number of carbonyl (C=O) groups is 1. The van der Waals surface area contributed by atoms with Gasteiger partial charge < -0.3 is 9.64 Å². The number of morpholine rings is 1. The van der Waals surface area contributed by atoms with Crippen molar-refractivity contribution in [3.63, 3.8) is 0 Å². The Bertz CT molecular complexity index is 1440. The molecule has 0 spiro atoms. The third-order valence-electron chi connectivity index (χ3n) is 5.83. The molecule has 1 aliphatic heterocycles. The lowest BCUT2D eigenvalue weighted by Crippen LogP contribution is -2.40. The standard InChI is InChI=1S/C24H23N5O4S/c1-25-34(31,32)22-16-29(24-26-14-19(15-27-24)17-5-3-2-4-6-17)21-13-18(7-8-20(21)22)23(30)28-9-11-33-12-10-28/h2-8,13-16,25H,9-12H2,1H3. The first-order valence-corrected chi connectivity index (χ1v) is 12.3. The van der Waals surface area contributed by atoms with Crippen molar-refractivity contribution >= 4 is 26.8 Å². The second kappa shape index (κ2) is 8.98. The first-order valence-electron chi connectivity index (χ1n) is 10.8. The van der Waals surface area contributed by atoms with Crippen molar-refractivity contribution < 1.29 is 17.9 Å². The third kappa shape index (κ3) is 4.07. The van der Waals surface area contributed by atoms with Crippen molar-refractivity contribution in [1.29, 1.82) is 0 Å². The zero-order valence-corrected chi connectivity index (χ0v) is 19.3. The molecule has 10 heteroatoms. The Balaban J connectivity index is 1.61. The van der Waals surface area contributed by atoms with Crippen LogP contribution in [0.4, 0.5) is 0 Å². The van der Waals surface area contributed by atoms with Crippen LogP contribution in [0.15, 0.2) is 72.0 Å². The van der Waals surface area contributed by atoms with Gasteiger partial charge in [-0.15, -0.1) is 0 Å². The number of sulfonamides is 1. The first kappa shape index (κ1) is 22.2. The van der Waals surface area contributed by atoms with E-state index in [1.54, 1.807) is 40.1 Å². The Hall–Kier alpha value is -3.60. The Kier molecular flexibility index (Phi) is 5.86. The Morgan fingerprint density at radius 2 is 1.71 bits per heavy atom. The van der Waals surface area contributed by atoms with E-state index in [1.807, 2.05) is 30.3 Å². The van der Waals surface area contributed by atoms with Crippen molar-refractivity contribution in [3.8, 4) is 17.1 Å². The van der Waals surface area contributed by atoms with Crippen LogP contribution in [0.25, 0.3) is 28.0 Å². The van der Waals surface area contributed by atoms with Crippen LogP contribution in [0, 0.1) is 0 Å². The number of amides is 1. The Morgan fingerprint density at radius 1 is 1.00 bits per heavy atom. The summed E-state index contributed by atoms with van der Waals surface area (Å²) in [7, 11) is -2.39. The second-order valence-electron chi connectivity index (χ2n) is 7.85. The topological polar surface area (TPSA) is 106 Å². The molecule has 1 aliphatic rings. The lowest BCUT2D eigenvalue weighted by molar-refractivity contribution is 0.0303. The third-order valence-corrected chi connectivity index (χ3v) is 7.28. The van der Waals surface area contributed by atoms with E-state index >= 15 is 0 Å². The molecule has 1 saturated heterocycles. The fourth-order valence-electron chi connectivity index (χ4n) is 3.99. The molecule has 0 unspecified atom stereocenters. The minimum Gasteiger partial charge on any atom is -0.378 e. The van der Waals surface area contributed by atoms with Gasteiger partial charge in [0.25, 0.3) is 5.91 Å². The summed E-state index contributed by atoms with van der Waals surface area (Å²) in [6, 6.07) is 14.7. The van der Waals surface area contributed by atoms with Crippen LogP contribution in [0.5, 0.6) is 0 Å². The highest BCUT2D eigenvalue weighted by Crippen LogP contribution is 2.29. The summed E-state index contributed by atoms with van der Waals surface area (Å²) in [5, 5.41) is 0.476. The lowest BCUT2D eigenvalue weighted by atomic mass is 10.1. The molecule has 1 N–H and O–H groups in total. The fourth-order valence-corrected chi connectivity index (χ4v) is 4.92. The van der Waals surface area contributed by atoms with Crippen LogP contribution in [0.3, 0.4) is 0 Å². The van der Waals surface area contributed by atoms with Crippen molar-refractivity contribution in [1.82, 2.24) is 24.2 Å². The number of aromatic nitrogens is 3. The lowest BCUT2D eigenvalue weighted by Gasteiger charge is -2.26. The van der Waals surface area contributed by atoms with E-state index in [-0.39, 0.29) is 10.8 Å². The molecule has 0 saturated carbocycles. The summed E-state index contributed by atoms with van der Waals surface area (Å²) in [4.78, 5) is 23.8. The molecule has 4 aromatic rings. The van der Waals surface area contributed by atoms with Crippen LogP contribution in [0.2, 0.25) is 0 Å². The molecule has 174 valence electrons. The van der Waals surface area contributed by atoms with Crippen LogP contribution >= 0.6 is 0 Å². The number of benzene rings is 2. The monoisotopic (exact) mass is 477 g/mol. The number of hydrogen-bond donors (Lipinski definition) is 1. The maximum Gasteiger partial charge on any atom is 0.254 e. The van der Waals surface area contributed by atoms with E-state index in [0.717, 1.165) is 11.1 Å². The van der Waals surface area contributed by atoms with E-state index in [9.17, 15) is 13.2 Å². The van der Waals surface area contributed by atoms with Crippen LogP contribution in [-0.2, 0) is 14.8 Å². The quantitative estimate of drug-likeness (QED) is 0.473. The van der Waals surface area contributed by atoms with Crippen molar-refractivity contribution in [2.75, 3.05) is 33.4 Å². The molecular formula is C24H23N5O4S. The van der Waals surface area contributed by atoms with Gasteiger partial charge in [-0.3, -0.25) is 9.36 Å². The summed E-state index contributed by atoms with van der Waals surface area (Å²) >= 11 is 0. The molecule has 0 bridgehead atoms. The molecule has 0 atom stereocenters. The van der Waals surface area contributed by atoms with Crippen LogP contribution < -0.4 is 4.72 Å². The highest BCUT2D eigenvalue weighted by molar-refractivity contribution is 7.89. The minimum atomic E-state index is -3.75. The van der Waals surface area contributed by atoms with E-state index in [4.69, 9.17) is 4.74 Å². The van der Waals surface area contributed by atoms with Crippen molar-refractivity contribution in [3.05, 3.63) is 72.7 Å². The predicted molar refractivity (Wildman–Crippen MR) is 127 cm³/mol. The Labute approximate surface area is 197 Å². The average Bonchev–Trinajstić information content (AvgIpc) is 3.29. The van der Waals surface area contributed by atoms with E-state index < -0.39 is 10.0 Å². The highest BCUT2D eigenvalue weighted by Gasteiger charge is 2.24. The number of fused-ring (bicyclic) bond motifs is 1. The van der Waals surface area contributed by atoms with Gasteiger partial charge in [-0.2, -0.15) is 0 Å². The molecule has 2 aromatic heterocycles. The smallest absolute Gasteiger partial charge is 0.254 e. The molecule has 34 heavy (non-hydrogen) atoms. The van der Waals surface area contributed by atoms with Gasteiger partial charge in [-0.25, -0.2) is 23.1 Å². The number of rotatable bonds is 5. The molecular weight excluding hydrogens is 454 g/mol. The summed E-state index contributed by atoms with van der Waals surface area (Å²) in [6.45, 7) is 2.02. The maximum atomic E-state index is 13.1. The zero-order chi connectivity index (χ0) is 23.7. The van der Waals surface area contributed by atoms with Gasteiger partial charge in [-0.1, -0.05) is 36.4 Å². The zero-order valence-electron chi connectivity index (χ0n) is 18.5. The number of hydrogen-bond acceptors (Lipinski definition) is 6. The molecule has 1 fully saturated rings. The normalized spacial score (nSPS) is 14.4. The SMILES string of the molecule is CNS(=O)(=O)c1cn(-c2ncc(-c3ccccc3)cn2)c2cc(C(=O)N3CCOCC3)ccc12. The van der Waals surface area contributed by atoms with Gasteiger partial charge >= 0.3 is 0 Å². The molecule has 0 radical (unpaired) electrons. The summed E-state index contributed by atoms with van der Waals surface area (Å²) in [5.41, 5.74) is 2.80. The van der Waals surface area contributed by atoms with Gasteiger partial charge in [0.1, 0.15) is 4.90 Å². The van der Waals surface area contributed by atoms with Crippen LogP contribution in [0.1, 0.15) is 10.4 Å². The highest BCUT2D eigenvalue weighted by atomic mass is 32.2. The molecule has 3 heterocycles. The van der Waals surface area contributed by atoms with Gasteiger partial charge in [-0.05, 0) is 24.7 Å². The van der Waals surface area contributed by atoms with Gasteiger partial charge in [0, 0.05) is 48.2 Å². The largest absolute Gasteiger partial charge is 0.378 e. The number of ether oxygens (including phenoxy) is 1. The maximum absolute atomic E-state index is 13.1. The van der Waals surface area contributed by atoms with E-state index in [0.29, 0.717) is 48.7 Å². The molecule has 1 amide bonds. The van der Waals surface area contributed by atoms with Gasteiger partial charge in [0.2, 0.25) is 16.0 Å². The average molecular weight is 478 g/mol. The summed E-state index contributed by atoms with van der Waals surface area (Å²) < 4.78 is 34.7. The summed E-state index contributed by atoms with van der Waals surface area (Å²) in [6.07, 6.45) is 4.87. The molecule has 9 nitrogen and oxygen atoms in total. The van der Waals surface area contributed by atoms with E-state index in [2.05, 4.69) is 14.7 Å². The number of nitrogens with one attached hydrogen (secondary N) is 1. The first-order chi connectivity index (χ1) is 16.5. The predicted octanol–water partition coefficient (Wildman–Crippen LogP) is 2.47. The Morgan fingerprint density at radius 3 is 2.38 bits per heavy atom. The molecule has 2 aromatic carbocycles. The second-order valence-corrected chi connectivity index (χ2v) is 9.70. The molecule has 0 aliphatic carbocycles.